The predicted molar refractivity (Wildman–Crippen MR) is 124 cm³/mol. The molecule has 0 saturated carbocycles. The SMILES string of the molecule is CC1C=CC=C(c2nc(C3=CCCC=C3)nc(/C(=C/CC(C)(C)C)C(C)C)n2)C1. The van der Waals surface area contributed by atoms with Crippen LogP contribution in [0.4, 0.5) is 0 Å². The molecule has 29 heavy (non-hydrogen) atoms. The summed E-state index contributed by atoms with van der Waals surface area (Å²) in [5.74, 6) is 3.31. The van der Waals surface area contributed by atoms with E-state index in [4.69, 9.17) is 15.0 Å². The van der Waals surface area contributed by atoms with Crippen LogP contribution in [-0.2, 0) is 0 Å². The first-order chi connectivity index (χ1) is 13.7. The van der Waals surface area contributed by atoms with Crippen LogP contribution in [0.25, 0.3) is 16.7 Å². The minimum atomic E-state index is 0.236. The van der Waals surface area contributed by atoms with Crippen molar-refractivity contribution in [2.24, 2.45) is 17.3 Å². The smallest absolute Gasteiger partial charge is 0.163 e. The number of aromatic nitrogens is 3. The van der Waals surface area contributed by atoms with Gasteiger partial charge in [0.25, 0.3) is 0 Å². The summed E-state index contributed by atoms with van der Waals surface area (Å²) in [5.41, 5.74) is 3.76. The monoisotopic (exact) mass is 389 g/mol. The second-order valence-corrected chi connectivity index (χ2v) is 9.78. The van der Waals surface area contributed by atoms with E-state index in [1.807, 2.05) is 0 Å². The second kappa shape index (κ2) is 9.02. The van der Waals surface area contributed by atoms with E-state index in [2.05, 4.69) is 84.1 Å². The third-order valence-corrected chi connectivity index (χ3v) is 5.27. The molecule has 1 unspecified atom stereocenters. The molecule has 0 aromatic carbocycles. The van der Waals surface area contributed by atoms with Gasteiger partial charge in [0.2, 0.25) is 0 Å². The van der Waals surface area contributed by atoms with Gasteiger partial charge in [-0.3, -0.25) is 0 Å². The van der Waals surface area contributed by atoms with E-state index in [1.165, 1.54) is 11.1 Å². The van der Waals surface area contributed by atoms with E-state index in [-0.39, 0.29) is 5.41 Å². The molecule has 2 aliphatic carbocycles. The number of hydrogen-bond acceptors (Lipinski definition) is 3. The number of allylic oxidation sites excluding steroid dienone is 10. The zero-order valence-corrected chi connectivity index (χ0v) is 18.9. The van der Waals surface area contributed by atoms with Crippen molar-refractivity contribution in [2.45, 2.75) is 67.2 Å². The summed E-state index contributed by atoms with van der Waals surface area (Å²) < 4.78 is 0. The third-order valence-electron chi connectivity index (χ3n) is 5.27. The van der Waals surface area contributed by atoms with Crippen molar-refractivity contribution in [3.8, 4) is 0 Å². The van der Waals surface area contributed by atoms with Crippen LogP contribution in [0.15, 0.2) is 42.5 Å². The molecule has 3 heteroatoms. The number of nitrogens with zero attached hydrogens (tertiary/aromatic N) is 3. The van der Waals surface area contributed by atoms with Crippen LogP contribution in [-0.4, -0.2) is 15.0 Å². The lowest BCUT2D eigenvalue weighted by Crippen LogP contribution is -2.11. The van der Waals surface area contributed by atoms with Gasteiger partial charge in [0.05, 0.1) is 0 Å². The summed E-state index contributed by atoms with van der Waals surface area (Å²) in [5, 5.41) is 0. The Kier molecular flexibility index (Phi) is 6.66. The van der Waals surface area contributed by atoms with Gasteiger partial charge in [0, 0.05) is 5.57 Å². The van der Waals surface area contributed by atoms with Gasteiger partial charge in [-0.15, -0.1) is 0 Å². The average Bonchev–Trinajstić information content (AvgIpc) is 2.67. The lowest BCUT2D eigenvalue weighted by molar-refractivity contribution is 0.420. The molecule has 1 atom stereocenters. The summed E-state index contributed by atoms with van der Waals surface area (Å²) >= 11 is 0. The number of rotatable bonds is 5. The minimum absolute atomic E-state index is 0.236. The van der Waals surface area contributed by atoms with Gasteiger partial charge < -0.3 is 0 Å². The Balaban J connectivity index is 2.11. The van der Waals surface area contributed by atoms with Crippen LogP contribution in [0.2, 0.25) is 0 Å². The van der Waals surface area contributed by atoms with Crippen LogP contribution >= 0.6 is 0 Å². The highest BCUT2D eigenvalue weighted by Crippen LogP contribution is 2.30. The van der Waals surface area contributed by atoms with Crippen molar-refractivity contribution in [3.63, 3.8) is 0 Å². The minimum Gasteiger partial charge on any atom is -0.209 e. The van der Waals surface area contributed by atoms with E-state index >= 15 is 0 Å². The maximum absolute atomic E-state index is 4.96. The molecule has 0 amide bonds. The van der Waals surface area contributed by atoms with Crippen LogP contribution < -0.4 is 0 Å². The van der Waals surface area contributed by atoms with Crippen LogP contribution in [0.1, 0.15) is 84.7 Å². The van der Waals surface area contributed by atoms with E-state index in [1.54, 1.807) is 0 Å². The van der Waals surface area contributed by atoms with Crippen molar-refractivity contribution in [3.05, 3.63) is 60.0 Å². The molecular weight excluding hydrogens is 354 g/mol. The second-order valence-electron chi connectivity index (χ2n) is 9.78. The van der Waals surface area contributed by atoms with Crippen LogP contribution in [0, 0.1) is 17.3 Å². The molecule has 2 aliphatic rings. The van der Waals surface area contributed by atoms with Crippen molar-refractivity contribution in [1.82, 2.24) is 15.0 Å². The van der Waals surface area contributed by atoms with Gasteiger partial charge in [-0.2, -0.15) is 0 Å². The quantitative estimate of drug-likeness (QED) is 0.541. The van der Waals surface area contributed by atoms with E-state index < -0.39 is 0 Å². The van der Waals surface area contributed by atoms with Gasteiger partial charge in [0.1, 0.15) is 0 Å². The third kappa shape index (κ3) is 5.85. The normalized spacial score (nSPS) is 20.1. The van der Waals surface area contributed by atoms with Crippen molar-refractivity contribution in [2.75, 3.05) is 0 Å². The summed E-state index contributed by atoms with van der Waals surface area (Å²) in [4.78, 5) is 14.8. The molecule has 1 aromatic rings. The van der Waals surface area contributed by atoms with E-state index in [0.717, 1.165) is 48.7 Å². The molecule has 0 saturated heterocycles. The Labute approximate surface area is 176 Å². The topological polar surface area (TPSA) is 38.7 Å². The fourth-order valence-electron chi connectivity index (χ4n) is 3.57. The standard InChI is InChI=1S/C26H35N3/c1-18(2)22(15-16-26(4,5)6)25-28-23(20-12-8-7-9-13-20)27-24(29-25)21-14-10-11-19(3)17-21/h8,10-15,18-19H,7,9,16-17H2,1-6H3/b22-15+. The molecule has 3 rings (SSSR count). The summed E-state index contributed by atoms with van der Waals surface area (Å²) in [6.07, 6.45) is 19.6. The van der Waals surface area contributed by atoms with Gasteiger partial charge in [-0.1, -0.05) is 84.1 Å². The fraction of sp³-hybridized carbons (Fsp3) is 0.500. The molecule has 0 bridgehead atoms. The largest absolute Gasteiger partial charge is 0.209 e. The molecule has 3 nitrogen and oxygen atoms in total. The lowest BCUT2D eigenvalue weighted by atomic mass is 9.89. The van der Waals surface area contributed by atoms with Gasteiger partial charge in [0.15, 0.2) is 17.5 Å². The van der Waals surface area contributed by atoms with E-state index in [0.29, 0.717) is 11.8 Å². The molecule has 0 fully saturated rings. The average molecular weight is 390 g/mol. The molecule has 1 heterocycles. The van der Waals surface area contributed by atoms with Crippen molar-refractivity contribution >= 4 is 16.7 Å². The van der Waals surface area contributed by atoms with E-state index in [9.17, 15) is 0 Å². The maximum atomic E-state index is 4.96. The van der Waals surface area contributed by atoms with Gasteiger partial charge in [-0.05, 0) is 54.1 Å². The zero-order chi connectivity index (χ0) is 21.0. The first kappa shape index (κ1) is 21.4. The van der Waals surface area contributed by atoms with Crippen LogP contribution in [0.3, 0.4) is 0 Å². The summed E-state index contributed by atoms with van der Waals surface area (Å²) in [6.45, 7) is 13.5. The Bertz CT molecular complexity index is 889. The molecule has 0 radical (unpaired) electrons. The van der Waals surface area contributed by atoms with Crippen LogP contribution in [0.5, 0.6) is 0 Å². The number of hydrogen-bond donors (Lipinski definition) is 0. The van der Waals surface area contributed by atoms with Crippen molar-refractivity contribution in [1.29, 1.82) is 0 Å². The maximum Gasteiger partial charge on any atom is 0.163 e. The molecular formula is C26H35N3. The lowest BCUT2D eigenvalue weighted by Gasteiger charge is -2.19. The highest BCUT2D eigenvalue weighted by Gasteiger charge is 2.20. The Morgan fingerprint density at radius 2 is 1.90 bits per heavy atom. The first-order valence-electron chi connectivity index (χ1n) is 10.9. The summed E-state index contributed by atoms with van der Waals surface area (Å²) in [6, 6.07) is 0. The molecule has 0 N–H and O–H groups in total. The Morgan fingerprint density at radius 1 is 1.14 bits per heavy atom. The predicted octanol–water partition coefficient (Wildman–Crippen LogP) is 7.06. The Morgan fingerprint density at radius 3 is 2.52 bits per heavy atom. The molecule has 0 spiro atoms. The first-order valence-corrected chi connectivity index (χ1v) is 10.9. The fourth-order valence-corrected chi connectivity index (χ4v) is 3.57. The molecule has 0 aliphatic heterocycles. The van der Waals surface area contributed by atoms with Crippen molar-refractivity contribution < 1.29 is 0 Å². The van der Waals surface area contributed by atoms with Gasteiger partial charge >= 0.3 is 0 Å². The molecule has 1 aromatic heterocycles. The highest BCUT2D eigenvalue weighted by atomic mass is 15.0. The van der Waals surface area contributed by atoms with Gasteiger partial charge in [-0.25, -0.2) is 15.0 Å². The zero-order valence-electron chi connectivity index (χ0n) is 18.9. The summed E-state index contributed by atoms with van der Waals surface area (Å²) in [7, 11) is 0. The highest BCUT2D eigenvalue weighted by molar-refractivity contribution is 5.74. The Hall–Kier alpha value is -2.29. The molecule has 154 valence electrons.